The first-order valence-corrected chi connectivity index (χ1v) is 10.5. The number of rotatable bonds is 7. The molecule has 0 bridgehead atoms. The highest BCUT2D eigenvalue weighted by molar-refractivity contribution is 7.12. The molecule has 0 aliphatic carbocycles. The van der Waals surface area contributed by atoms with Gasteiger partial charge in [-0.1, -0.05) is 36.8 Å². The van der Waals surface area contributed by atoms with Gasteiger partial charge in [-0.2, -0.15) is 0 Å². The summed E-state index contributed by atoms with van der Waals surface area (Å²) in [4.78, 5) is 13.4. The van der Waals surface area contributed by atoms with Crippen LogP contribution in [0.3, 0.4) is 0 Å². The topological polar surface area (TPSA) is 56.8 Å². The summed E-state index contributed by atoms with van der Waals surface area (Å²) < 4.78 is 16.5. The predicted octanol–water partition coefficient (Wildman–Crippen LogP) is 5.25. The van der Waals surface area contributed by atoms with E-state index in [4.69, 9.17) is 14.2 Å². The average Bonchev–Trinajstić information content (AvgIpc) is 3.40. The molecule has 0 radical (unpaired) electrons. The molecule has 29 heavy (non-hydrogen) atoms. The minimum absolute atomic E-state index is 0.00136. The monoisotopic (exact) mass is 409 g/mol. The molecule has 4 rings (SSSR count). The Balaban J connectivity index is 1.36. The van der Waals surface area contributed by atoms with E-state index in [-0.39, 0.29) is 18.7 Å². The van der Waals surface area contributed by atoms with Gasteiger partial charge in [0.15, 0.2) is 11.5 Å². The highest BCUT2D eigenvalue weighted by Crippen LogP contribution is 2.35. The van der Waals surface area contributed by atoms with Crippen molar-refractivity contribution >= 4 is 17.2 Å². The zero-order chi connectivity index (χ0) is 20.2. The molecule has 1 N–H and O–H groups in total. The van der Waals surface area contributed by atoms with Crippen molar-refractivity contribution in [3.05, 3.63) is 75.5 Å². The van der Waals surface area contributed by atoms with Crippen LogP contribution < -0.4 is 19.5 Å². The lowest BCUT2D eigenvalue weighted by atomic mass is 10.0. The number of benzene rings is 2. The van der Waals surface area contributed by atoms with Crippen molar-refractivity contribution in [3.63, 3.8) is 0 Å². The van der Waals surface area contributed by atoms with E-state index in [1.54, 1.807) is 0 Å². The van der Waals surface area contributed by atoms with Gasteiger partial charge in [-0.05, 0) is 42.5 Å². The number of thiophene rings is 1. The molecular weight excluding hydrogens is 386 g/mol. The quantitative estimate of drug-likeness (QED) is 0.579. The summed E-state index contributed by atoms with van der Waals surface area (Å²) >= 11 is 1.43. The van der Waals surface area contributed by atoms with Crippen molar-refractivity contribution in [1.82, 2.24) is 5.32 Å². The molecule has 1 unspecified atom stereocenters. The van der Waals surface area contributed by atoms with Gasteiger partial charge in [0.05, 0.1) is 10.9 Å². The van der Waals surface area contributed by atoms with E-state index in [0.29, 0.717) is 23.0 Å². The third-order valence-corrected chi connectivity index (χ3v) is 5.80. The first kappa shape index (κ1) is 19.3. The van der Waals surface area contributed by atoms with Crippen molar-refractivity contribution in [2.45, 2.75) is 32.9 Å². The highest BCUT2D eigenvalue weighted by Gasteiger charge is 2.17. The van der Waals surface area contributed by atoms with Crippen LogP contribution in [0.15, 0.2) is 53.9 Å². The van der Waals surface area contributed by atoms with Gasteiger partial charge in [0.1, 0.15) is 12.4 Å². The molecule has 5 nitrogen and oxygen atoms in total. The number of carbonyl (C=O) groups excluding carboxylic acids is 1. The van der Waals surface area contributed by atoms with Crippen molar-refractivity contribution in [1.29, 1.82) is 0 Å². The molecule has 0 saturated carbocycles. The van der Waals surface area contributed by atoms with Crippen LogP contribution in [0.25, 0.3) is 0 Å². The zero-order valence-electron chi connectivity index (χ0n) is 16.4. The van der Waals surface area contributed by atoms with Gasteiger partial charge in [-0.15, -0.1) is 11.3 Å². The van der Waals surface area contributed by atoms with Crippen LogP contribution in [0.5, 0.6) is 17.2 Å². The van der Waals surface area contributed by atoms with Crippen LogP contribution in [-0.4, -0.2) is 12.7 Å². The van der Waals surface area contributed by atoms with Gasteiger partial charge >= 0.3 is 0 Å². The molecule has 2 heterocycles. The minimum Gasteiger partial charge on any atom is -0.489 e. The number of carbonyl (C=O) groups is 1. The summed E-state index contributed by atoms with van der Waals surface area (Å²) in [5.74, 6) is 2.06. The van der Waals surface area contributed by atoms with E-state index in [1.165, 1.54) is 16.9 Å². The largest absolute Gasteiger partial charge is 0.489 e. The Morgan fingerprint density at radius 2 is 1.93 bits per heavy atom. The van der Waals surface area contributed by atoms with Crippen LogP contribution in [0.1, 0.15) is 45.7 Å². The van der Waals surface area contributed by atoms with Crippen molar-refractivity contribution in [2.75, 3.05) is 6.79 Å². The maximum atomic E-state index is 12.7. The number of amides is 1. The van der Waals surface area contributed by atoms with Gasteiger partial charge in [-0.3, -0.25) is 4.79 Å². The number of hydrogen-bond donors (Lipinski definition) is 1. The Kier molecular flexibility index (Phi) is 5.71. The van der Waals surface area contributed by atoms with E-state index in [9.17, 15) is 4.79 Å². The molecule has 3 aromatic rings. The van der Waals surface area contributed by atoms with E-state index >= 15 is 0 Å². The lowest BCUT2D eigenvalue weighted by Gasteiger charge is -2.17. The summed E-state index contributed by atoms with van der Waals surface area (Å²) in [6.45, 7) is 4.76. The summed E-state index contributed by atoms with van der Waals surface area (Å²) in [5, 5.41) is 5.09. The molecule has 6 heteroatoms. The standard InChI is InChI=1S/C23H23NO4S/c1-3-19(17-6-4-15(2)5-7-17)24-23(25)22-10-16(13-29-22)12-26-18-8-9-20-21(11-18)28-14-27-20/h4-11,13,19H,3,12,14H2,1-2H3,(H,24,25). The fourth-order valence-corrected chi connectivity index (χ4v) is 3.95. The first-order chi connectivity index (χ1) is 14.1. The third kappa shape index (κ3) is 4.54. The number of fused-ring (bicyclic) bond motifs is 1. The fraction of sp³-hybridized carbons (Fsp3) is 0.261. The van der Waals surface area contributed by atoms with Gasteiger partial charge in [0.25, 0.3) is 5.91 Å². The molecule has 150 valence electrons. The van der Waals surface area contributed by atoms with Crippen molar-refractivity contribution in [3.8, 4) is 17.2 Å². The predicted molar refractivity (Wildman–Crippen MR) is 113 cm³/mol. The van der Waals surface area contributed by atoms with E-state index in [0.717, 1.165) is 23.3 Å². The second-order valence-corrected chi connectivity index (χ2v) is 7.88. The van der Waals surface area contributed by atoms with Gasteiger partial charge in [-0.25, -0.2) is 0 Å². The van der Waals surface area contributed by atoms with Crippen LogP contribution in [-0.2, 0) is 6.61 Å². The lowest BCUT2D eigenvalue weighted by molar-refractivity contribution is 0.0939. The molecule has 0 spiro atoms. The second kappa shape index (κ2) is 8.57. The Morgan fingerprint density at radius 1 is 1.14 bits per heavy atom. The van der Waals surface area contributed by atoms with Crippen molar-refractivity contribution in [2.24, 2.45) is 0 Å². The van der Waals surface area contributed by atoms with Crippen LogP contribution in [0.4, 0.5) is 0 Å². The second-order valence-electron chi connectivity index (χ2n) is 6.97. The lowest BCUT2D eigenvalue weighted by Crippen LogP contribution is -2.27. The fourth-order valence-electron chi connectivity index (χ4n) is 3.15. The summed E-state index contributed by atoms with van der Waals surface area (Å²) in [6, 6.07) is 15.7. The Hall–Kier alpha value is -2.99. The number of hydrogen-bond acceptors (Lipinski definition) is 5. The highest BCUT2D eigenvalue weighted by atomic mass is 32.1. The van der Waals surface area contributed by atoms with Crippen molar-refractivity contribution < 1.29 is 19.0 Å². The number of ether oxygens (including phenoxy) is 3. The number of nitrogens with one attached hydrogen (secondary N) is 1. The van der Waals surface area contributed by atoms with Crippen LogP contribution in [0.2, 0.25) is 0 Å². The molecule has 1 aromatic heterocycles. The van der Waals surface area contributed by atoms with E-state index in [2.05, 4.69) is 43.4 Å². The van der Waals surface area contributed by atoms with E-state index < -0.39 is 0 Å². The molecule has 1 amide bonds. The maximum absolute atomic E-state index is 12.7. The van der Waals surface area contributed by atoms with Gasteiger partial charge < -0.3 is 19.5 Å². The molecular formula is C23H23NO4S. The number of aryl methyl sites for hydroxylation is 1. The van der Waals surface area contributed by atoms with Crippen LogP contribution in [0, 0.1) is 6.92 Å². The van der Waals surface area contributed by atoms with Gasteiger partial charge in [0, 0.05) is 11.6 Å². The molecule has 2 aromatic carbocycles. The summed E-state index contributed by atoms with van der Waals surface area (Å²) in [7, 11) is 0. The normalized spacial score (nSPS) is 13.2. The molecule has 1 atom stereocenters. The minimum atomic E-state index is -0.0586. The Bertz CT molecular complexity index is 996. The maximum Gasteiger partial charge on any atom is 0.261 e. The van der Waals surface area contributed by atoms with Gasteiger partial charge in [0.2, 0.25) is 6.79 Å². The van der Waals surface area contributed by atoms with E-state index in [1.807, 2.05) is 29.6 Å². The zero-order valence-corrected chi connectivity index (χ0v) is 17.3. The average molecular weight is 410 g/mol. The molecule has 0 fully saturated rings. The Labute approximate surface area is 174 Å². The smallest absolute Gasteiger partial charge is 0.261 e. The first-order valence-electron chi connectivity index (χ1n) is 9.59. The molecule has 0 saturated heterocycles. The van der Waals surface area contributed by atoms with Crippen LogP contribution >= 0.6 is 11.3 Å². The molecule has 1 aliphatic rings. The summed E-state index contributed by atoms with van der Waals surface area (Å²) in [5.41, 5.74) is 3.29. The molecule has 1 aliphatic heterocycles. The summed E-state index contributed by atoms with van der Waals surface area (Å²) in [6.07, 6.45) is 0.834. The SMILES string of the molecule is CCC(NC(=O)c1cc(COc2ccc3c(c2)OCO3)cs1)c1ccc(C)cc1. The third-order valence-electron chi connectivity index (χ3n) is 4.82. The Morgan fingerprint density at radius 3 is 2.72 bits per heavy atom.